The van der Waals surface area contributed by atoms with Gasteiger partial charge in [0.1, 0.15) is 18.2 Å². The second-order valence-corrected chi connectivity index (χ2v) is 2.83. The molecule has 0 bridgehead atoms. The Morgan fingerprint density at radius 1 is 1.58 bits per heavy atom. The molecule has 1 heterocycles. The van der Waals surface area contributed by atoms with Crippen LogP contribution in [0.1, 0.15) is 11.6 Å². The second kappa shape index (κ2) is 2.75. The van der Waals surface area contributed by atoms with Crippen LogP contribution in [0.25, 0.3) is 0 Å². The maximum absolute atomic E-state index is 12.7. The molecule has 1 atom stereocenters. The molecule has 0 aliphatic carbocycles. The number of rotatable bonds is 1. The van der Waals surface area contributed by atoms with Crippen molar-refractivity contribution in [1.82, 2.24) is 5.32 Å². The largest absolute Gasteiger partial charge is 0.491 e. The van der Waals surface area contributed by atoms with E-state index in [2.05, 4.69) is 5.32 Å². The molecule has 0 aromatic heterocycles. The lowest BCUT2D eigenvalue weighted by Gasteiger charge is -2.04. The molecule has 2 nitrogen and oxygen atoms in total. The SMILES string of the molecule is CNC1COc2cc(F)ccc21. The maximum atomic E-state index is 12.7. The van der Waals surface area contributed by atoms with Gasteiger partial charge in [-0.2, -0.15) is 0 Å². The van der Waals surface area contributed by atoms with E-state index >= 15 is 0 Å². The van der Waals surface area contributed by atoms with Crippen molar-refractivity contribution in [3.63, 3.8) is 0 Å². The lowest BCUT2D eigenvalue weighted by Crippen LogP contribution is -2.17. The predicted molar refractivity (Wildman–Crippen MR) is 43.7 cm³/mol. The third-order valence-electron chi connectivity index (χ3n) is 2.10. The molecule has 0 fully saturated rings. The summed E-state index contributed by atoms with van der Waals surface area (Å²) in [6.45, 7) is 0.593. The lowest BCUT2D eigenvalue weighted by molar-refractivity contribution is 0.317. The Morgan fingerprint density at radius 2 is 2.42 bits per heavy atom. The minimum Gasteiger partial charge on any atom is -0.491 e. The molecule has 2 rings (SSSR count). The van der Waals surface area contributed by atoms with Crippen LogP contribution in [0, 0.1) is 5.82 Å². The van der Waals surface area contributed by atoms with E-state index in [4.69, 9.17) is 4.74 Å². The molecule has 0 amide bonds. The topological polar surface area (TPSA) is 21.3 Å². The summed E-state index contributed by atoms with van der Waals surface area (Å²) in [4.78, 5) is 0. The van der Waals surface area contributed by atoms with Gasteiger partial charge in [-0.3, -0.25) is 0 Å². The summed E-state index contributed by atoms with van der Waals surface area (Å²) in [5, 5.41) is 3.09. The molecule has 0 saturated carbocycles. The minimum absolute atomic E-state index is 0.209. The van der Waals surface area contributed by atoms with E-state index in [0.717, 1.165) is 5.56 Å². The number of nitrogens with one attached hydrogen (secondary N) is 1. The van der Waals surface area contributed by atoms with Crippen LogP contribution in [0.5, 0.6) is 5.75 Å². The zero-order valence-corrected chi connectivity index (χ0v) is 6.80. The van der Waals surface area contributed by atoms with Gasteiger partial charge < -0.3 is 10.1 Å². The monoisotopic (exact) mass is 167 g/mol. The summed E-state index contributed by atoms with van der Waals surface area (Å²) in [5.74, 6) is 0.417. The number of likely N-dealkylation sites (N-methyl/N-ethyl adjacent to an activating group) is 1. The first kappa shape index (κ1) is 7.55. The highest BCUT2D eigenvalue weighted by atomic mass is 19.1. The van der Waals surface area contributed by atoms with E-state index in [1.807, 2.05) is 7.05 Å². The van der Waals surface area contributed by atoms with Crippen molar-refractivity contribution in [2.75, 3.05) is 13.7 Å². The quantitative estimate of drug-likeness (QED) is 0.684. The van der Waals surface area contributed by atoms with Crippen LogP contribution in [0.15, 0.2) is 18.2 Å². The molecule has 0 spiro atoms. The Kier molecular flexibility index (Phi) is 1.73. The maximum Gasteiger partial charge on any atom is 0.127 e. The third-order valence-corrected chi connectivity index (χ3v) is 2.10. The lowest BCUT2D eigenvalue weighted by atomic mass is 10.1. The first-order valence-corrected chi connectivity index (χ1v) is 3.91. The van der Waals surface area contributed by atoms with Gasteiger partial charge in [-0.1, -0.05) is 6.07 Å². The normalized spacial score (nSPS) is 20.3. The Balaban J connectivity index is 2.40. The average molecular weight is 167 g/mol. The Bertz CT molecular complexity index is 301. The summed E-state index contributed by atoms with van der Waals surface area (Å²) < 4.78 is 18.0. The predicted octanol–water partition coefficient (Wildman–Crippen LogP) is 1.48. The van der Waals surface area contributed by atoms with Gasteiger partial charge in [-0.25, -0.2) is 4.39 Å². The fourth-order valence-corrected chi connectivity index (χ4v) is 1.42. The number of hydrogen-bond donors (Lipinski definition) is 1. The molecule has 1 aromatic rings. The van der Waals surface area contributed by atoms with Gasteiger partial charge in [0.15, 0.2) is 0 Å². The number of hydrogen-bond acceptors (Lipinski definition) is 2. The van der Waals surface area contributed by atoms with Crippen molar-refractivity contribution >= 4 is 0 Å². The smallest absolute Gasteiger partial charge is 0.127 e. The van der Waals surface area contributed by atoms with Crippen LogP contribution in [0.2, 0.25) is 0 Å². The van der Waals surface area contributed by atoms with Crippen LogP contribution in [0.4, 0.5) is 4.39 Å². The summed E-state index contributed by atoms with van der Waals surface area (Å²) >= 11 is 0. The molecule has 1 aliphatic heterocycles. The van der Waals surface area contributed by atoms with Gasteiger partial charge in [0.25, 0.3) is 0 Å². The molecule has 1 aliphatic rings. The van der Waals surface area contributed by atoms with E-state index in [-0.39, 0.29) is 11.9 Å². The van der Waals surface area contributed by atoms with Crippen molar-refractivity contribution < 1.29 is 9.13 Å². The van der Waals surface area contributed by atoms with Crippen molar-refractivity contribution in [3.05, 3.63) is 29.6 Å². The van der Waals surface area contributed by atoms with E-state index in [0.29, 0.717) is 12.4 Å². The van der Waals surface area contributed by atoms with Gasteiger partial charge in [-0.05, 0) is 13.1 Å². The molecule has 64 valence electrons. The molecular weight excluding hydrogens is 157 g/mol. The van der Waals surface area contributed by atoms with Crippen molar-refractivity contribution in [2.45, 2.75) is 6.04 Å². The standard InChI is InChI=1S/C9H10FNO/c1-11-8-5-12-9-4-6(10)2-3-7(8)9/h2-4,8,11H,5H2,1H3. The fraction of sp³-hybridized carbons (Fsp3) is 0.333. The number of halogens is 1. The van der Waals surface area contributed by atoms with E-state index < -0.39 is 0 Å². The Hall–Kier alpha value is -1.09. The molecule has 1 aromatic carbocycles. The van der Waals surface area contributed by atoms with Gasteiger partial charge in [0.05, 0.1) is 6.04 Å². The highest BCUT2D eigenvalue weighted by molar-refractivity contribution is 5.39. The van der Waals surface area contributed by atoms with Crippen LogP contribution in [-0.4, -0.2) is 13.7 Å². The molecule has 0 saturated heterocycles. The fourth-order valence-electron chi connectivity index (χ4n) is 1.42. The van der Waals surface area contributed by atoms with Crippen LogP contribution >= 0.6 is 0 Å². The zero-order chi connectivity index (χ0) is 8.55. The summed E-state index contributed by atoms with van der Waals surface area (Å²) in [6, 6.07) is 4.85. The molecule has 0 radical (unpaired) electrons. The molecule has 12 heavy (non-hydrogen) atoms. The van der Waals surface area contributed by atoms with Crippen LogP contribution in [-0.2, 0) is 0 Å². The van der Waals surface area contributed by atoms with E-state index in [1.165, 1.54) is 12.1 Å². The van der Waals surface area contributed by atoms with Crippen molar-refractivity contribution in [3.8, 4) is 5.75 Å². The van der Waals surface area contributed by atoms with Crippen LogP contribution in [0.3, 0.4) is 0 Å². The Morgan fingerprint density at radius 3 is 3.17 bits per heavy atom. The average Bonchev–Trinajstić information content (AvgIpc) is 2.46. The highest BCUT2D eigenvalue weighted by Crippen LogP contribution is 2.32. The second-order valence-electron chi connectivity index (χ2n) is 2.83. The number of fused-ring (bicyclic) bond motifs is 1. The summed E-state index contributed by atoms with van der Waals surface area (Å²) in [6.07, 6.45) is 0. The number of benzene rings is 1. The Labute approximate surface area is 70.3 Å². The first-order valence-electron chi connectivity index (χ1n) is 3.91. The molecular formula is C9H10FNO. The highest BCUT2D eigenvalue weighted by Gasteiger charge is 2.22. The first-order chi connectivity index (χ1) is 5.81. The van der Waals surface area contributed by atoms with Gasteiger partial charge in [0.2, 0.25) is 0 Å². The van der Waals surface area contributed by atoms with E-state index in [9.17, 15) is 4.39 Å². The van der Waals surface area contributed by atoms with Crippen molar-refractivity contribution in [2.24, 2.45) is 0 Å². The molecule has 1 unspecified atom stereocenters. The zero-order valence-electron chi connectivity index (χ0n) is 6.80. The van der Waals surface area contributed by atoms with Gasteiger partial charge in [0, 0.05) is 11.6 Å². The molecule has 3 heteroatoms. The molecule has 1 N–H and O–H groups in total. The third kappa shape index (κ3) is 1.06. The van der Waals surface area contributed by atoms with Crippen molar-refractivity contribution in [1.29, 1.82) is 0 Å². The number of ether oxygens (including phenoxy) is 1. The van der Waals surface area contributed by atoms with Gasteiger partial charge >= 0.3 is 0 Å². The summed E-state index contributed by atoms with van der Waals surface area (Å²) in [7, 11) is 1.87. The van der Waals surface area contributed by atoms with Crippen LogP contribution < -0.4 is 10.1 Å². The van der Waals surface area contributed by atoms with Gasteiger partial charge in [-0.15, -0.1) is 0 Å². The van der Waals surface area contributed by atoms with E-state index in [1.54, 1.807) is 6.07 Å². The minimum atomic E-state index is -0.245. The summed E-state index contributed by atoms with van der Waals surface area (Å²) in [5.41, 5.74) is 1.04.